The van der Waals surface area contributed by atoms with Crippen molar-refractivity contribution in [3.63, 3.8) is 0 Å². The third-order valence-corrected chi connectivity index (χ3v) is 4.98. The molecule has 1 aromatic heterocycles. The van der Waals surface area contributed by atoms with E-state index >= 15 is 0 Å². The van der Waals surface area contributed by atoms with Crippen molar-refractivity contribution in [2.45, 2.75) is 31.7 Å². The lowest BCUT2D eigenvalue weighted by atomic mass is 10.1. The fraction of sp³-hybridized carbons (Fsp3) is 0.600. The van der Waals surface area contributed by atoms with Gasteiger partial charge in [0.25, 0.3) is 0 Å². The molecule has 1 amide bonds. The van der Waals surface area contributed by atoms with Crippen LogP contribution in [0, 0.1) is 5.92 Å². The Balaban J connectivity index is 1.66. The Morgan fingerprint density at radius 2 is 2.10 bits per heavy atom. The summed E-state index contributed by atoms with van der Waals surface area (Å²) in [6.07, 6.45) is 4.66. The van der Waals surface area contributed by atoms with Crippen LogP contribution >= 0.6 is 11.3 Å². The topological polar surface area (TPSA) is 58.6 Å². The van der Waals surface area contributed by atoms with Gasteiger partial charge in [0.05, 0.1) is 23.7 Å². The number of thiophene rings is 1. The Bertz CT molecular complexity index is 533. The molecular weight excluding hydrogens is 288 g/mol. The average molecular weight is 308 g/mol. The minimum atomic E-state index is -0.370. The normalized spacial score (nSPS) is 20.2. The number of carbonyl (C=O) groups is 2. The summed E-state index contributed by atoms with van der Waals surface area (Å²) in [6, 6.07) is 1.68. The van der Waals surface area contributed by atoms with Crippen LogP contribution in [0.25, 0.3) is 0 Å². The molecule has 0 bridgehead atoms. The van der Waals surface area contributed by atoms with E-state index in [1.54, 1.807) is 11.4 Å². The predicted molar refractivity (Wildman–Crippen MR) is 81.6 cm³/mol. The highest BCUT2D eigenvalue weighted by atomic mass is 32.1. The van der Waals surface area contributed by atoms with E-state index < -0.39 is 0 Å². The van der Waals surface area contributed by atoms with Crippen LogP contribution < -0.4 is 5.32 Å². The zero-order chi connectivity index (χ0) is 14.8. The van der Waals surface area contributed by atoms with Crippen molar-refractivity contribution in [3.8, 4) is 0 Å². The van der Waals surface area contributed by atoms with Crippen molar-refractivity contribution in [2.75, 3.05) is 25.5 Å². The zero-order valence-corrected chi connectivity index (χ0v) is 12.9. The third-order valence-electron chi connectivity index (χ3n) is 4.14. The first-order valence-electron chi connectivity index (χ1n) is 7.41. The van der Waals surface area contributed by atoms with Crippen LogP contribution in [0.4, 0.5) is 5.00 Å². The molecule has 1 saturated heterocycles. The maximum atomic E-state index is 12.6. The fourth-order valence-corrected chi connectivity index (χ4v) is 3.70. The summed E-state index contributed by atoms with van der Waals surface area (Å²) >= 11 is 1.36. The first kappa shape index (κ1) is 14.5. The van der Waals surface area contributed by atoms with E-state index in [9.17, 15) is 9.59 Å². The molecule has 0 aromatic carbocycles. The number of likely N-dealkylation sites (tertiary alicyclic amines) is 1. The Kier molecular flexibility index (Phi) is 4.26. The van der Waals surface area contributed by atoms with Gasteiger partial charge in [0, 0.05) is 5.38 Å². The molecule has 2 heterocycles. The summed E-state index contributed by atoms with van der Waals surface area (Å²) in [7, 11) is 1.36. The van der Waals surface area contributed by atoms with Crippen molar-refractivity contribution in [3.05, 3.63) is 17.0 Å². The highest BCUT2D eigenvalue weighted by Crippen LogP contribution is 2.37. The van der Waals surface area contributed by atoms with Crippen LogP contribution in [-0.2, 0) is 9.53 Å². The molecule has 1 N–H and O–H groups in total. The van der Waals surface area contributed by atoms with E-state index in [1.165, 1.54) is 31.3 Å². The number of nitrogens with zero attached hydrogens (tertiary/aromatic N) is 1. The number of hydrogen-bond donors (Lipinski definition) is 1. The summed E-state index contributed by atoms with van der Waals surface area (Å²) in [5.74, 6) is 0.200. The lowest BCUT2D eigenvalue weighted by molar-refractivity contribution is -0.121. The number of hydrogen-bond acceptors (Lipinski definition) is 5. The molecule has 1 aliphatic carbocycles. The third kappa shape index (κ3) is 3.27. The van der Waals surface area contributed by atoms with E-state index in [0.717, 1.165) is 25.9 Å². The van der Waals surface area contributed by atoms with Crippen molar-refractivity contribution >= 4 is 28.2 Å². The lowest BCUT2D eigenvalue weighted by Crippen LogP contribution is -2.44. The molecule has 1 atom stereocenters. The molecule has 0 radical (unpaired) electrons. The molecule has 114 valence electrons. The van der Waals surface area contributed by atoms with E-state index in [4.69, 9.17) is 0 Å². The van der Waals surface area contributed by atoms with Gasteiger partial charge in [-0.15, -0.1) is 11.3 Å². The molecule has 1 aromatic rings. The number of anilines is 1. The highest BCUT2D eigenvalue weighted by molar-refractivity contribution is 7.14. The Labute approximate surface area is 128 Å². The van der Waals surface area contributed by atoms with Crippen molar-refractivity contribution in [1.82, 2.24) is 4.90 Å². The maximum absolute atomic E-state index is 12.6. The van der Waals surface area contributed by atoms with E-state index in [2.05, 4.69) is 15.0 Å². The van der Waals surface area contributed by atoms with Gasteiger partial charge in [0.1, 0.15) is 0 Å². The molecule has 0 unspecified atom stereocenters. The molecular formula is C15H20N2O3S. The molecule has 5 nitrogen and oxygen atoms in total. The van der Waals surface area contributed by atoms with Crippen LogP contribution in [-0.4, -0.2) is 43.0 Å². The van der Waals surface area contributed by atoms with Crippen LogP contribution in [0.5, 0.6) is 0 Å². The molecule has 2 aliphatic rings. The average Bonchev–Trinajstić information content (AvgIpc) is 2.97. The summed E-state index contributed by atoms with van der Waals surface area (Å²) in [5.41, 5.74) is 0.488. The van der Waals surface area contributed by atoms with Gasteiger partial charge in [-0.1, -0.05) is 0 Å². The van der Waals surface area contributed by atoms with Gasteiger partial charge >= 0.3 is 5.97 Å². The molecule has 3 rings (SSSR count). The van der Waals surface area contributed by atoms with Crippen molar-refractivity contribution in [1.29, 1.82) is 0 Å². The second kappa shape index (κ2) is 6.15. The highest BCUT2D eigenvalue weighted by Gasteiger charge is 2.41. The summed E-state index contributed by atoms with van der Waals surface area (Å²) in [6.45, 7) is 2.04. The minimum absolute atomic E-state index is 0.00354. The lowest BCUT2D eigenvalue weighted by Gasteiger charge is -2.26. The Morgan fingerprint density at radius 3 is 2.71 bits per heavy atom. The quantitative estimate of drug-likeness (QED) is 0.848. The molecule has 2 fully saturated rings. The monoisotopic (exact) mass is 308 g/mol. The number of amides is 1. The number of ether oxygens (including phenoxy) is 1. The van der Waals surface area contributed by atoms with Gasteiger partial charge in [0.2, 0.25) is 5.91 Å². The van der Waals surface area contributed by atoms with Crippen molar-refractivity contribution < 1.29 is 14.3 Å². The number of rotatable bonds is 5. The second-order valence-electron chi connectivity index (χ2n) is 5.71. The molecule has 21 heavy (non-hydrogen) atoms. The largest absolute Gasteiger partial charge is 0.465 e. The molecule has 1 saturated carbocycles. The Morgan fingerprint density at radius 1 is 1.38 bits per heavy atom. The van der Waals surface area contributed by atoms with Crippen molar-refractivity contribution in [2.24, 2.45) is 5.92 Å². The summed E-state index contributed by atoms with van der Waals surface area (Å²) in [5, 5.41) is 5.39. The number of carbonyl (C=O) groups excluding carboxylic acids is 2. The van der Waals surface area contributed by atoms with Gasteiger partial charge in [-0.25, -0.2) is 4.79 Å². The van der Waals surface area contributed by atoms with Crippen LogP contribution in [0.2, 0.25) is 0 Å². The van der Waals surface area contributed by atoms with E-state index in [1.807, 2.05) is 0 Å². The number of esters is 1. The van der Waals surface area contributed by atoms with Gasteiger partial charge in [-0.2, -0.15) is 0 Å². The van der Waals surface area contributed by atoms with Gasteiger partial charge in [-0.3, -0.25) is 9.69 Å². The summed E-state index contributed by atoms with van der Waals surface area (Å²) < 4.78 is 4.68. The van der Waals surface area contributed by atoms with Gasteiger partial charge in [0.15, 0.2) is 0 Å². The standard InChI is InChI=1S/C15H20N2O3S/c1-20-15(19)11-8-12(21-9-11)16-14(18)13(10-4-5-10)17-6-2-3-7-17/h8-10,13H,2-7H2,1H3,(H,16,18)/t13-/m0/s1. The number of nitrogens with one attached hydrogen (secondary N) is 1. The van der Waals surface area contributed by atoms with Crippen LogP contribution in [0.3, 0.4) is 0 Å². The van der Waals surface area contributed by atoms with Gasteiger partial charge in [-0.05, 0) is 50.8 Å². The molecule has 0 spiro atoms. The van der Waals surface area contributed by atoms with Gasteiger partial charge < -0.3 is 10.1 Å². The second-order valence-corrected chi connectivity index (χ2v) is 6.62. The SMILES string of the molecule is COC(=O)c1csc(NC(=O)[C@H](C2CC2)N2CCCC2)c1. The first-order valence-corrected chi connectivity index (χ1v) is 8.29. The Hall–Kier alpha value is -1.40. The van der Waals surface area contributed by atoms with E-state index in [-0.39, 0.29) is 17.9 Å². The first-order chi connectivity index (χ1) is 10.2. The summed E-state index contributed by atoms with van der Waals surface area (Å²) in [4.78, 5) is 26.3. The molecule has 1 aliphatic heterocycles. The predicted octanol–water partition coefficient (Wildman–Crippen LogP) is 2.35. The van der Waals surface area contributed by atoms with Crippen LogP contribution in [0.1, 0.15) is 36.0 Å². The smallest absolute Gasteiger partial charge is 0.338 e. The van der Waals surface area contributed by atoms with Crippen LogP contribution in [0.15, 0.2) is 11.4 Å². The minimum Gasteiger partial charge on any atom is -0.465 e. The zero-order valence-electron chi connectivity index (χ0n) is 12.1. The maximum Gasteiger partial charge on any atom is 0.338 e. The fourth-order valence-electron chi connectivity index (χ4n) is 2.93. The number of methoxy groups -OCH3 is 1. The van der Waals surface area contributed by atoms with E-state index in [0.29, 0.717) is 16.5 Å². The molecule has 6 heteroatoms.